The summed E-state index contributed by atoms with van der Waals surface area (Å²) >= 11 is 0. The van der Waals surface area contributed by atoms with Crippen molar-refractivity contribution in [3.05, 3.63) is 12.3 Å². The monoisotopic (exact) mass is 456 g/mol. The maximum Gasteiger partial charge on any atom is 0.187 e. The maximum atomic E-state index is 5.93. The zero-order valence-corrected chi connectivity index (χ0v) is 21.9. The van der Waals surface area contributed by atoms with E-state index in [9.17, 15) is 0 Å². The second-order valence-electron chi connectivity index (χ2n) is 9.00. The summed E-state index contributed by atoms with van der Waals surface area (Å²) in [4.78, 5) is 0. The first-order chi connectivity index (χ1) is 15.8. The van der Waals surface area contributed by atoms with Crippen molar-refractivity contribution >= 4 is 0 Å². The van der Waals surface area contributed by atoms with Gasteiger partial charge < -0.3 is 18.9 Å². The summed E-state index contributed by atoms with van der Waals surface area (Å²) in [6.45, 7) is 6.45. The Hall–Kier alpha value is -0.580. The Labute approximate surface area is 200 Å². The molecule has 0 saturated heterocycles. The number of ether oxygens (including phenoxy) is 4. The Kier molecular flexibility index (Phi) is 27.9. The standard InChI is InChI=1S/C28H56O4/c1-4-6-25-31-28(32-26-7-5-2)23-21-19-17-15-13-11-9-8-10-12-14-16-18-20-22-24-30-27-29-3/h22,24,28H,4-21,23,25-27H2,1-3H3. The molecule has 0 aliphatic rings. The van der Waals surface area contributed by atoms with Crippen molar-refractivity contribution in [2.45, 2.75) is 142 Å². The zero-order chi connectivity index (χ0) is 23.4. The molecule has 0 unspecified atom stereocenters. The highest BCUT2D eigenvalue weighted by Gasteiger charge is 2.08. The SMILES string of the molecule is CCCCOC(CCCCCCCCCCCCCCCC=COCOC)OCCCC. The highest BCUT2D eigenvalue weighted by atomic mass is 16.7. The molecule has 0 aromatic carbocycles. The van der Waals surface area contributed by atoms with Crippen LogP contribution in [0.3, 0.4) is 0 Å². The molecule has 0 aliphatic carbocycles. The third-order valence-electron chi connectivity index (χ3n) is 5.79. The van der Waals surface area contributed by atoms with Crippen LogP contribution in [0.25, 0.3) is 0 Å². The Balaban J connectivity index is 3.35. The summed E-state index contributed by atoms with van der Waals surface area (Å²) < 4.78 is 21.8. The Bertz CT molecular complexity index is 349. The summed E-state index contributed by atoms with van der Waals surface area (Å²) in [7, 11) is 1.64. The van der Waals surface area contributed by atoms with Crippen LogP contribution < -0.4 is 0 Å². The molecule has 0 aliphatic heterocycles. The molecule has 0 N–H and O–H groups in total. The molecule has 0 bridgehead atoms. The van der Waals surface area contributed by atoms with E-state index in [-0.39, 0.29) is 6.29 Å². The van der Waals surface area contributed by atoms with Crippen LogP contribution >= 0.6 is 0 Å². The van der Waals surface area contributed by atoms with Gasteiger partial charge in [0.1, 0.15) is 0 Å². The second kappa shape index (κ2) is 28.5. The van der Waals surface area contributed by atoms with Gasteiger partial charge >= 0.3 is 0 Å². The van der Waals surface area contributed by atoms with Crippen LogP contribution in [0, 0.1) is 0 Å². The second-order valence-corrected chi connectivity index (χ2v) is 9.00. The van der Waals surface area contributed by atoms with E-state index >= 15 is 0 Å². The van der Waals surface area contributed by atoms with Crippen molar-refractivity contribution in [1.29, 1.82) is 0 Å². The van der Waals surface area contributed by atoms with Gasteiger partial charge in [-0.25, -0.2) is 0 Å². The Morgan fingerprint density at radius 2 is 1.06 bits per heavy atom. The van der Waals surface area contributed by atoms with E-state index in [2.05, 4.69) is 19.9 Å². The number of rotatable bonds is 27. The van der Waals surface area contributed by atoms with Crippen molar-refractivity contribution in [3.63, 3.8) is 0 Å². The van der Waals surface area contributed by atoms with E-state index in [1.807, 2.05) is 0 Å². The predicted molar refractivity (Wildman–Crippen MR) is 137 cm³/mol. The number of hydrogen-bond donors (Lipinski definition) is 0. The molecule has 0 rings (SSSR count). The van der Waals surface area contributed by atoms with Crippen LogP contribution in [0.5, 0.6) is 0 Å². The predicted octanol–water partition coefficient (Wildman–Crippen LogP) is 8.93. The van der Waals surface area contributed by atoms with E-state index in [0.29, 0.717) is 6.79 Å². The van der Waals surface area contributed by atoms with E-state index in [0.717, 1.165) is 38.9 Å². The van der Waals surface area contributed by atoms with Crippen LogP contribution in [-0.4, -0.2) is 33.4 Å². The van der Waals surface area contributed by atoms with Gasteiger partial charge in [0.15, 0.2) is 13.1 Å². The molecule has 0 radical (unpaired) electrons. The minimum Gasteiger partial charge on any atom is -0.476 e. The molecule has 4 nitrogen and oxygen atoms in total. The molecule has 0 heterocycles. The van der Waals surface area contributed by atoms with Crippen molar-refractivity contribution < 1.29 is 18.9 Å². The minimum absolute atomic E-state index is 0.0273. The van der Waals surface area contributed by atoms with E-state index < -0.39 is 0 Å². The first-order valence-electron chi connectivity index (χ1n) is 13.8. The van der Waals surface area contributed by atoms with Crippen molar-refractivity contribution in [1.82, 2.24) is 0 Å². The molecule has 0 atom stereocenters. The van der Waals surface area contributed by atoms with E-state index in [4.69, 9.17) is 18.9 Å². The fraction of sp³-hybridized carbons (Fsp3) is 0.929. The number of hydrogen-bond acceptors (Lipinski definition) is 4. The Morgan fingerprint density at radius 3 is 1.53 bits per heavy atom. The average molecular weight is 457 g/mol. The van der Waals surface area contributed by atoms with Crippen molar-refractivity contribution in [3.8, 4) is 0 Å². The third-order valence-corrected chi connectivity index (χ3v) is 5.79. The van der Waals surface area contributed by atoms with Gasteiger partial charge in [0.05, 0.1) is 6.26 Å². The smallest absolute Gasteiger partial charge is 0.187 e. The molecule has 0 aromatic heterocycles. The van der Waals surface area contributed by atoms with E-state index in [1.165, 1.54) is 96.3 Å². The maximum absolute atomic E-state index is 5.93. The topological polar surface area (TPSA) is 36.9 Å². The van der Waals surface area contributed by atoms with Crippen molar-refractivity contribution in [2.24, 2.45) is 0 Å². The van der Waals surface area contributed by atoms with Crippen LogP contribution in [0.1, 0.15) is 136 Å². The molecule has 32 heavy (non-hydrogen) atoms. The molecule has 192 valence electrons. The van der Waals surface area contributed by atoms with Gasteiger partial charge in [-0.2, -0.15) is 0 Å². The third kappa shape index (κ3) is 25.7. The van der Waals surface area contributed by atoms with E-state index in [1.54, 1.807) is 13.4 Å². The summed E-state index contributed by atoms with van der Waals surface area (Å²) in [5, 5.41) is 0. The normalized spacial score (nSPS) is 11.8. The fourth-order valence-electron chi connectivity index (χ4n) is 3.69. The number of methoxy groups -OCH3 is 1. The molecule has 0 aromatic rings. The quantitative estimate of drug-likeness (QED) is 0.0702. The van der Waals surface area contributed by atoms with Gasteiger partial charge in [-0.15, -0.1) is 0 Å². The van der Waals surface area contributed by atoms with Crippen LogP contribution in [0.15, 0.2) is 12.3 Å². The van der Waals surface area contributed by atoms with Gasteiger partial charge in [-0.05, 0) is 44.6 Å². The molecule has 0 amide bonds. The first-order valence-corrected chi connectivity index (χ1v) is 13.8. The Morgan fingerprint density at radius 1 is 0.594 bits per heavy atom. The lowest BCUT2D eigenvalue weighted by atomic mass is 10.0. The summed E-state index contributed by atoms with van der Waals surface area (Å²) in [5.41, 5.74) is 0. The number of unbranched alkanes of at least 4 members (excludes halogenated alkanes) is 15. The lowest BCUT2D eigenvalue weighted by Gasteiger charge is -2.18. The van der Waals surface area contributed by atoms with Gasteiger partial charge in [-0.3, -0.25) is 0 Å². The highest BCUT2D eigenvalue weighted by Crippen LogP contribution is 2.15. The summed E-state index contributed by atoms with van der Waals surface area (Å²) in [5.74, 6) is 0. The zero-order valence-electron chi connectivity index (χ0n) is 21.9. The summed E-state index contributed by atoms with van der Waals surface area (Å²) in [6.07, 6.45) is 28.4. The fourth-order valence-corrected chi connectivity index (χ4v) is 3.69. The van der Waals surface area contributed by atoms with Gasteiger partial charge in [0, 0.05) is 20.3 Å². The molecular formula is C28H56O4. The molecular weight excluding hydrogens is 400 g/mol. The number of allylic oxidation sites excluding steroid dienone is 1. The molecule has 0 fully saturated rings. The van der Waals surface area contributed by atoms with Crippen LogP contribution in [-0.2, 0) is 18.9 Å². The highest BCUT2D eigenvalue weighted by molar-refractivity contribution is 4.72. The van der Waals surface area contributed by atoms with Gasteiger partial charge in [0.2, 0.25) is 0 Å². The van der Waals surface area contributed by atoms with Gasteiger partial charge in [0.25, 0.3) is 0 Å². The largest absolute Gasteiger partial charge is 0.476 e. The minimum atomic E-state index is 0.0273. The molecule has 0 spiro atoms. The van der Waals surface area contributed by atoms with Crippen LogP contribution in [0.4, 0.5) is 0 Å². The lowest BCUT2D eigenvalue weighted by Crippen LogP contribution is -2.18. The summed E-state index contributed by atoms with van der Waals surface area (Å²) in [6, 6.07) is 0. The van der Waals surface area contributed by atoms with Crippen molar-refractivity contribution in [2.75, 3.05) is 27.1 Å². The lowest BCUT2D eigenvalue weighted by molar-refractivity contribution is -0.147. The molecule has 4 heteroatoms. The first kappa shape index (κ1) is 31.4. The van der Waals surface area contributed by atoms with Gasteiger partial charge in [-0.1, -0.05) is 97.3 Å². The molecule has 0 saturated carbocycles. The van der Waals surface area contributed by atoms with Crippen LogP contribution in [0.2, 0.25) is 0 Å². The average Bonchev–Trinajstić information content (AvgIpc) is 2.80.